The molecule has 0 bridgehead atoms. The van der Waals surface area contributed by atoms with Crippen molar-refractivity contribution >= 4 is 5.78 Å². The van der Waals surface area contributed by atoms with Crippen molar-refractivity contribution < 1.29 is 44.5 Å². The van der Waals surface area contributed by atoms with Crippen molar-refractivity contribution in [3.8, 4) is 0 Å². The van der Waals surface area contributed by atoms with Gasteiger partial charge in [-0.1, -0.05) is 0 Å². The van der Waals surface area contributed by atoms with Crippen molar-refractivity contribution in [2.45, 2.75) is 30.5 Å². The number of epoxide rings is 2. The quantitative estimate of drug-likeness (QED) is 0.272. The number of carbonyl (C=O) groups excluding carboxylic acids is 1. The van der Waals surface area contributed by atoms with Crippen molar-refractivity contribution in [1.29, 1.82) is 0 Å². The molecule has 5 unspecified atom stereocenters. The number of hydrogen-bond donors (Lipinski definition) is 5. The fourth-order valence-corrected chi connectivity index (χ4v) is 1.26. The van der Waals surface area contributed by atoms with Gasteiger partial charge in [-0.05, 0) is 0 Å². The Morgan fingerprint density at radius 3 is 1.90 bits per heavy atom. The van der Waals surface area contributed by atoms with Crippen LogP contribution < -0.4 is 0 Å². The van der Waals surface area contributed by atoms with E-state index in [9.17, 15) is 4.79 Å². The second-order valence-electron chi connectivity index (χ2n) is 4.76. The van der Waals surface area contributed by atoms with Crippen molar-refractivity contribution in [3.63, 3.8) is 0 Å². The largest absolute Gasteiger partial charge is 0.394 e. The van der Waals surface area contributed by atoms with E-state index >= 15 is 0 Å². The number of hydrogen-bond acceptors (Lipinski definition) is 9. The minimum absolute atomic E-state index is 0.392. The SMILES string of the molecule is C(OCC1CO1)C1CO1.O=C(CO)C(O)C(O)C(O)CO. The molecule has 2 rings (SSSR count). The van der Waals surface area contributed by atoms with Crippen LogP contribution in [0.2, 0.25) is 0 Å². The van der Waals surface area contributed by atoms with E-state index < -0.39 is 37.3 Å². The third kappa shape index (κ3) is 7.79. The van der Waals surface area contributed by atoms with E-state index in [2.05, 4.69) is 0 Å². The van der Waals surface area contributed by atoms with E-state index in [0.29, 0.717) is 12.2 Å². The summed E-state index contributed by atoms with van der Waals surface area (Å²) in [6.45, 7) is 1.57. The van der Waals surface area contributed by atoms with Crippen LogP contribution in [0.3, 0.4) is 0 Å². The van der Waals surface area contributed by atoms with Crippen LogP contribution in [0.15, 0.2) is 0 Å². The van der Waals surface area contributed by atoms with Crippen molar-refractivity contribution in [3.05, 3.63) is 0 Å². The van der Waals surface area contributed by atoms with Gasteiger partial charge in [-0.15, -0.1) is 0 Å². The molecule has 2 saturated heterocycles. The van der Waals surface area contributed by atoms with E-state index in [1.807, 2.05) is 0 Å². The van der Waals surface area contributed by atoms with Crippen molar-refractivity contribution in [1.82, 2.24) is 0 Å². The first-order chi connectivity index (χ1) is 9.99. The summed E-state index contributed by atoms with van der Waals surface area (Å²) in [6.07, 6.45) is -4.44. The minimum Gasteiger partial charge on any atom is -0.394 e. The van der Waals surface area contributed by atoms with Gasteiger partial charge in [-0.25, -0.2) is 0 Å². The topological polar surface area (TPSA) is 153 Å². The highest BCUT2D eigenvalue weighted by Crippen LogP contribution is 2.12. The highest BCUT2D eigenvalue weighted by atomic mass is 16.6. The number of carbonyl (C=O) groups is 1. The fourth-order valence-electron chi connectivity index (χ4n) is 1.26. The van der Waals surface area contributed by atoms with Crippen LogP contribution in [0.4, 0.5) is 0 Å². The maximum Gasteiger partial charge on any atom is 0.189 e. The Balaban J connectivity index is 0.000000216. The second-order valence-corrected chi connectivity index (χ2v) is 4.76. The Morgan fingerprint density at radius 2 is 1.57 bits per heavy atom. The summed E-state index contributed by atoms with van der Waals surface area (Å²) in [4.78, 5) is 10.5. The van der Waals surface area contributed by atoms with Crippen molar-refractivity contribution in [2.75, 3.05) is 39.6 Å². The molecule has 124 valence electrons. The first-order valence-electron chi connectivity index (χ1n) is 6.59. The zero-order valence-corrected chi connectivity index (χ0v) is 11.5. The second kappa shape index (κ2) is 9.38. The average molecular weight is 310 g/mol. The molecule has 0 aromatic rings. The van der Waals surface area contributed by atoms with Crippen molar-refractivity contribution in [2.24, 2.45) is 0 Å². The molecule has 5 atom stereocenters. The van der Waals surface area contributed by atoms with Gasteiger partial charge in [0.25, 0.3) is 0 Å². The normalized spacial score (nSPS) is 27.1. The first kappa shape index (κ1) is 18.4. The van der Waals surface area contributed by atoms with E-state index in [1.54, 1.807) is 0 Å². The standard InChI is InChI=1S/C6H12O6.C6H10O3/c7-1-3(9)5(11)6(12)4(10)2-8;1(5-3-8-5)7-2-6-4-9-6/h3,5-9,11-12H,1-2H2;5-6H,1-4H2. The maximum atomic E-state index is 10.5. The number of aliphatic hydroxyl groups excluding tert-OH is 5. The van der Waals surface area contributed by atoms with E-state index in [1.165, 1.54) is 0 Å². The highest BCUT2D eigenvalue weighted by molar-refractivity contribution is 5.84. The molecule has 0 saturated carbocycles. The molecule has 0 amide bonds. The smallest absolute Gasteiger partial charge is 0.189 e. The average Bonchev–Trinajstić information content (AvgIpc) is 3.39. The molecule has 9 nitrogen and oxygen atoms in total. The molecule has 5 N–H and O–H groups in total. The highest BCUT2D eigenvalue weighted by Gasteiger charge is 2.29. The van der Waals surface area contributed by atoms with E-state index in [-0.39, 0.29) is 0 Å². The molecule has 0 spiro atoms. The lowest BCUT2D eigenvalue weighted by Crippen LogP contribution is -2.44. The zero-order chi connectivity index (χ0) is 15.8. The van der Waals surface area contributed by atoms with Gasteiger partial charge in [0, 0.05) is 0 Å². The lowest BCUT2D eigenvalue weighted by atomic mass is 10.1. The van der Waals surface area contributed by atoms with Crippen LogP contribution in [-0.4, -0.2) is 101 Å². The molecule has 2 fully saturated rings. The van der Waals surface area contributed by atoms with Gasteiger partial charge in [0.2, 0.25) is 0 Å². The van der Waals surface area contributed by atoms with Crippen LogP contribution in [0.5, 0.6) is 0 Å². The molecular weight excluding hydrogens is 288 g/mol. The van der Waals surface area contributed by atoms with Gasteiger partial charge in [0.1, 0.15) is 37.1 Å². The van der Waals surface area contributed by atoms with E-state index in [4.69, 9.17) is 39.7 Å². The summed E-state index contributed by atoms with van der Waals surface area (Å²) in [5.41, 5.74) is 0. The molecule has 9 heteroatoms. The lowest BCUT2D eigenvalue weighted by Gasteiger charge is -2.19. The molecule has 0 aliphatic carbocycles. The van der Waals surface area contributed by atoms with E-state index in [0.717, 1.165) is 26.4 Å². The Labute approximate surface area is 121 Å². The molecule has 0 radical (unpaired) electrons. The summed E-state index contributed by atoms with van der Waals surface area (Å²) in [5.74, 6) is -1.00. The number of ketones is 1. The van der Waals surface area contributed by atoms with Gasteiger partial charge in [-0.3, -0.25) is 4.79 Å². The molecule has 0 aromatic carbocycles. The Hall–Kier alpha value is -0.650. The predicted molar refractivity (Wildman–Crippen MR) is 67.5 cm³/mol. The summed E-state index contributed by atoms with van der Waals surface area (Å²) in [7, 11) is 0. The molecule has 2 heterocycles. The van der Waals surface area contributed by atoms with Gasteiger partial charge >= 0.3 is 0 Å². The predicted octanol–water partition coefficient (Wildman–Crippen LogP) is -3.58. The summed E-state index contributed by atoms with van der Waals surface area (Å²) < 4.78 is 15.1. The number of Topliss-reactive ketones (excluding diaryl/α,β-unsaturated/α-hetero) is 1. The van der Waals surface area contributed by atoms with Crippen LogP contribution in [0.25, 0.3) is 0 Å². The summed E-state index contributed by atoms with van der Waals surface area (Å²) in [5, 5.41) is 43.1. The number of rotatable bonds is 9. The fraction of sp³-hybridized carbons (Fsp3) is 0.917. The molecular formula is C12H22O9. The Kier molecular flexibility index (Phi) is 8.22. The molecule has 21 heavy (non-hydrogen) atoms. The van der Waals surface area contributed by atoms with Gasteiger partial charge in [-0.2, -0.15) is 0 Å². The van der Waals surface area contributed by atoms with Crippen LogP contribution >= 0.6 is 0 Å². The van der Waals surface area contributed by atoms with Crippen LogP contribution in [0.1, 0.15) is 0 Å². The Morgan fingerprint density at radius 1 is 1.10 bits per heavy atom. The van der Waals surface area contributed by atoms with Gasteiger partial charge in [0.15, 0.2) is 5.78 Å². The lowest BCUT2D eigenvalue weighted by molar-refractivity contribution is -0.142. The van der Waals surface area contributed by atoms with Crippen LogP contribution in [-0.2, 0) is 19.0 Å². The third-order valence-corrected chi connectivity index (χ3v) is 2.80. The molecule has 2 aliphatic rings. The van der Waals surface area contributed by atoms with Gasteiger partial charge < -0.3 is 39.7 Å². The summed E-state index contributed by atoms with van der Waals surface area (Å²) >= 11 is 0. The maximum absolute atomic E-state index is 10.5. The minimum atomic E-state index is -1.86. The number of ether oxygens (including phenoxy) is 3. The van der Waals surface area contributed by atoms with Crippen LogP contribution in [0, 0.1) is 0 Å². The zero-order valence-electron chi connectivity index (χ0n) is 11.5. The third-order valence-electron chi connectivity index (χ3n) is 2.80. The Bertz CT molecular complexity index is 291. The first-order valence-corrected chi connectivity index (χ1v) is 6.59. The monoisotopic (exact) mass is 310 g/mol. The summed E-state index contributed by atoms with van der Waals surface area (Å²) in [6, 6.07) is 0. The van der Waals surface area contributed by atoms with Gasteiger partial charge in [0.05, 0.1) is 33.0 Å². The number of aliphatic hydroxyl groups is 5. The molecule has 2 aliphatic heterocycles. The molecule has 0 aromatic heterocycles.